The average Bonchev–Trinajstić information content (AvgIpc) is 3.21. The van der Waals surface area contributed by atoms with E-state index in [9.17, 15) is 9.59 Å². The molecule has 0 fully saturated rings. The van der Waals surface area contributed by atoms with Crippen molar-refractivity contribution in [3.8, 4) is 0 Å². The molecular weight excluding hydrogens is 380 g/mol. The second-order valence-electron chi connectivity index (χ2n) is 7.33. The van der Waals surface area contributed by atoms with Crippen LogP contribution in [0.25, 0.3) is 16.5 Å². The number of nitrogens with one attached hydrogen (secondary N) is 1. The number of aromatic nitrogens is 1. The summed E-state index contributed by atoms with van der Waals surface area (Å²) in [4.78, 5) is 31.6. The zero-order chi connectivity index (χ0) is 20.5. The van der Waals surface area contributed by atoms with Gasteiger partial charge in [-0.25, -0.2) is 0 Å². The minimum atomic E-state index is -0.183. The standard InChI is InChI=1S/C24H24N2O2S/c1-4-29-22-21(18-10-9-15(2)13-16(18)3)23(27)26(24(22)28)12-11-17-14-25-20-8-6-5-7-19(17)20/h5-10,13-14,25H,4,11-12H2,1-3H3. The Balaban J connectivity index is 1.63. The van der Waals surface area contributed by atoms with E-state index in [0.29, 0.717) is 23.4 Å². The van der Waals surface area contributed by atoms with Gasteiger partial charge in [-0.2, -0.15) is 0 Å². The number of aromatic amines is 1. The fourth-order valence-electron chi connectivity index (χ4n) is 3.94. The molecule has 4 rings (SSSR count). The van der Waals surface area contributed by atoms with Crippen molar-refractivity contribution in [3.63, 3.8) is 0 Å². The van der Waals surface area contributed by atoms with Gasteiger partial charge in [-0.15, -0.1) is 11.8 Å². The molecule has 0 saturated carbocycles. The number of nitrogens with zero attached hydrogens (tertiary/aromatic N) is 1. The van der Waals surface area contributed by atoms with Crippen molar-refractivity contribution in [2.75, 3.05) is 12.3 Å². The number of imide groups is 1. The van der Waals surface area contributed by atoms with Crippen LogP contribution in [0, 0.1) is 13.8 Å². The molecule has 2 heterocycles. The van der Waals surface area contributed by atoms with Crippen LogP contribution in [0.2, 0.25) is 0 Å². The molecule has 1 aliphatic rings. The quantitative estimate of drug-likeness (QED) is 0.597. The number of hydrogen-bond acceptors (Lipinski definition) is 3. The first-order valence-electron chi connectivity index (χ1n) is 9.87. The van der Waals surface area contributed by atoms with Crippen LogP contribution < -0.4 is 0 Å². The van der Waals surface area contributed by atoms with Gasteiger partial charge in [0.25, 0.3) is 11.8 Å². The smallest absolute Gasteiger partial charge is 0.267 e. The number of fused-ring (bicyclic) bond motifs is 1. The number of carbonyl (C=O) groups excluding carboxylic acids is 2. The lowest BCUT2D eigenvalue weighted by Crippen LogP contribution is -2.33. The maximum Gasteiger partial charge on any atom is 0.267 e. The molecule has 0 atom stereocenters. The summed E-state index contributed by atoms with van der Waals surface area (Å²) in [5, 5.41) is 1.14. The lowest BCUT2D eigenvalue weighted by atomic mass is 9.99. The Morgan fingerprint density at radius 3 is 2.59 bits per heavy atom. The van der Waals surface area contributed by atoms with Gasteiger partial charge < -0.3 is 4.98 Å². The van der Waals surface area contributed by atoms with E-state index in [4.69, 9.17) is 0 Å². The Bertz CT molecular complexity index is 1140. The first-order valence-corrected chi connectivity index (χ1v) is 10.9. The van der Waals surface area contributed by atoms with Crippen LogP contribution in [0.4, 0.5) is 0 Å². The van der Waals surface area contributed by atoms with Crippen LogP contribution in [0.1, 0.15) is 29.2 Å². The maximum atomic E-state index is 13.3. The van der Waals surface area contributed by atoms with E-state index in [-0.39, 0.29) is 11.8 Å². The zero-order valence-electron chi connectivity index (χ0n) is 16.9. The van der Waals surface area contributed by atoms with Gasteiger partial charge in [0.15, 0.2) is 0 Å². The van der Waals surface area contributed by atoms with E-state index in [1.165, 1.54) is 16.7 Å². The molecule has 0 saturated heterocycles. The monoisotopic (exact) mass is 404 g/mol. The largest absolute Gasteiger partial charge is 0.361 e. The highest BCUT2D eigenvalue weighted by atomic mass is 32.2. The maximum absolute atomic E-state index is 13.3. The van der Waals surface area contributed by atoms with E-state index in [1.807, 2.05) is 57.3 Å². The molecule has 5 heteroatoms. The molecule has 29 heavy (non-hydrogen) atoms. The van der Waals surface area contributed by atoms with E-state index in [1.54, 1.807) is 0 Å². The molecule has 0 unspecified atom stereocenters. The third-order valence-electron chi connectivity index (χ3n) is 5.35. The van der Waals surface area contributed by atoms with E-state index >= 15 is 0 Å². The summed E-state index contributed by atoms with van der Waals surface area (Å²) in [6, 6.07) is 14.1. The molecule has 1 aromatic heterocycles. The number of carbonyl (C=O) groups is 2. The third-order valence-corrected chi connectivity index (χ3v) is 6.30. The SMILES string of the molecule is CCSC1=C(c2ccc(C)cc2C)C(=O)N(CCc2c[nH]c3ccccc23)C1=O. The van der Waals surface area contributed by atoms with Gasteiger partial charge in [0.05, 0.1) is 10.5 Å². The van der Waals surface area contributed by atoms with Gasteiger partial charge in [0.2, 0.25) is 0 Å². The summed E-state index contributed by atoms with van der Waals surface area (Å²) in [7, 11) is 0. The van der Waals surface area contributed by atoms with Crippen LogP contribution in [0.3, 0.4) is 0 Å². The minimum absolute atomic E-state index is 0.170. The fourth-order valence-corrected chi connectivity index (χ4v) is 4.80. The van der Waals surface area contributed by atoms with Crippen LogP contribution in [-0.2, 0) is 16.0 Å². The van der Waals surface area contributed by atoms with Crippen LogP contribution in [0.15, 0.2) is 53.6 Å². The number of hydrogen-bond donors (Lipinski definition) is 1. The molecule has 0 bridgehead atoms. The van der Waals surface area contributed by atoms with Crippen molar-refractivity contribution in [2.45, 2.75) is 27.2 Å². The van der Waals surface area contributed by atoms with Crippen molar-refractivity contribution in [1.82, 2.24) is 9.88 Å². The minimum Gasteiger partial charge on any atom is -0.361 e. The van der Waals surface area contributed by atoms with Crippen molar-refractivity contribution >= 4 is 40.1 Å². The summed E-state index contributed by atoms with van der Waals surface area (Å²) in [6.07, 6.45) is 2.60. The third kappa shape index (κ3) is 3.51. The topological polar surface area (TPSA) is 53.2 Å². The van der Waals surface area contributed by atoms with E-state index < -0.39 is 0 Å². The predicted octanol–water partition coefficient (Wildman–Crippen LogP) is 4.86. The number of H-pyrrole nitrogens is 1. The number of rotatable bonds is 6. The molecule has 2 aromatic carbocycles. The Labute approximate surface area is 175 Å². The highest BCUT2D eigenvalue weighted by Gasteiger charge is 2.39. The average molecular weight is 405 g/mol. The second-order valence-corrected chi connectivity index (χ2v) is 8.60. The van der Waals surface area contributed by atoms with Gasteiger partial charge in [0.1, 0.15) is 0 Å². The summed E-state index contributed by atoms with van der Waals surface area (Å²) < 4.78 is 0. The molecule has 3 aromatic rings. The van der Waals surface area contributed by atoms with Gasteiger partial charge in [-0.05, 0) is 48.8 Å². The van der Waals surface area contributed by atoms with Gasteiger partial charge >= 0.3 is 0 Å². The Morgan fingerprint density at radius 1 is 1.03 bits per heavy atom. The Morgan fingerprint density at radius 2 is 1.83 bits per heavy atom. The molecule has 0 spiro atoms. The van der Waals surface area contributed by atoms with Crippen molar-refractivity contribution in [3.05, 3.63) is 75.8 Å². The van der Waals surface area contributed by atoms with Crippen LogP contribution in [0.5, 0.6) is 0 Å². The zero-order valence-corrected chi connectivity index (χ0v) is 17.7. The number of thioether (sulfide) groups is 1. The lowest BCUT2D eigenvalue weighted by Gasteiger charge is -2.15. The number of benzene rings is 2. The molecule has 2 amide bonds. The van der Waals surface area contributed by atoms with Crippen LogP contribution in [-0.4, -0.2) is 34.0 Å². The Kier molecular flexibility index (Phi) is 5.33. The first kappa shape index (κ1) is 19.5. The highest BCUT2D eigenvalue weighted by molar-refractivity contribution is 8.04. The molecule has 4 nitrogen and oxygen atoms in total. The highest BCUT2D eigenvalue weighted by Crippen LogP contribution is 2.37. The Hall–Kier alpha value is -2.79. The van der Waals surface area contributed by atoms with Crippen molar-refractivity contribution < 1.29 is 9.59 Å². The number of para-hydroxylation sites is 1. The summed E-state index contributed by atoms with van der Waals surface area (Å²) in [6.45, 7) is 6.41. The first-order chi connectivity index (χ1) is 14.0. The molecule has 1 aliphatic heterocycles. The van der Waals surface area contributed by atoms with Crippen molar-refractivity contribution in [1.29, 1.82) is 0 Å². The second kappa shape index (κ2) is 7.91. The fraction of sp³-hybridized carbons (Fsp3) is 0.250. The summed E-state index contributed by atoms with van der Waals surface area (Å²) in [5.41, 5.74) is 5.76. The normalized spacial score (nSPS) is 14.5. The predicted molar refractivity (Wildman–Crippen MR) is 120 cm³/mol. The van der Waals surface area contributed by atoms with Crippen molar-refractivity contribution in [2.24, 2.45) is 0 Å². The van der Waals surface area contributed by atoms with E-state index in [2.05, 4.69) is 17.1 Å². The summed E-state index contributed by atoms with van der Waals surface area (Å²) >= 11 is 1.46. The number of amides is 2. The number of aryl methyl sites for hydroxylation is 2. The van der Waals surface area contributed by atoms with Gasteiger partial charge in [-0.1, -0.05) is 48.9 Å². The van der Waals surface area contributed by atoms with Crippen LogP contribution >= 0.6 is 11.8 Å². The molecule has 1 N–H and O–H groups in total. The molecule has 0 radical (unpaired) electrons. The lowest BCUT2D eigenvalue weighted by molar-refractivity contribution is -0.136. The summed E-state index contributed by atoms with van der Waals surface area (Å²) in [5.74, 6) is 0.397. The molecule has 0 aliphatic carbocycles. The molecule has 148 valence electrons. The molecular formula is C24H24N2O2S. The van der Waals surface area contributed by atoms with Gasteiger partial charge in [-0.3, -0.25) is 14.5 Å². The van der Waals surface area contributed by atoms with Gasteiger partial charge in [0, 0.05) is 23.6 Å². The van der Waals surface area contributed by atoms with E-state index in [0.717, 1.165) is 38.9 Å².